The van der Waals surface area contributed by atoms with Crippen molar-refractivity contribution in [1.29, 1.82) is 0 Å². The van der Waals surface area contributed by atoms with E-state index in [9.17, 15) is 8.42 Å². The maximum absolute atomic E-state index is 10.9. The molecule has 0 aromatic heterocycles. The van der Waals surface area contributed by atoms with E-state index in [2.05, 4.69) is 36.0 Å². The summed E-state index contributed by atoms with van der Waals surface area (Å²) in [6, 6.07) is 8.29. The third kappa shape index (κ3) is 8.04. The first-order chi connectivity index (χ1) is 9.92. The Hall–Kier alpha value is -1.11. The van der Waals surface area contributed by atoms with Crippen LogP contribution in [-0.2, 0) is 10.0 Å². The molecule has 6 heteroatoms. The molecule has 0 aliphatic heterocycles. The van der Waals surface area contributed by atoms with Crippen LogP contribution in [0.2, 0.25) is 0 Å². The highest BCUT2D eigenvalue weighted by Crippen LogP contribution is 2.17. The van der Waals surface area contributed by atoms with Crippen LogP contribution in [0.4, 0.5) is 0 Å². The summed E-state index contributed by atoms with van der Waals surface area (Å²) in [5.74, 6) is 0.894. The fourth-order valence-corrected chi connectivity index (χ4v) is 2.37. The highest BCUT2D eigenvalue weighted by Gasteiger charge is 2.05. The van der Waals surface area contributed by atoms with E-state index >= 15 is 0 Å². The van der Waals surface area contributed by atoms with Gasteiger partial charge < -0.3 is 10.1 Å². The molecule has 0 heterocycles. The summed E-state index contributed by atoms with van der Waals surface area (Å²) in [6.45, 7) is 6.13. The molecule has 1 unspecified atom stereocenters. The monoisotopic (exact) mass is 314 g/mol. The summed E-state index contributed by atoms with van der Waals surface area (Å²) in [4.78, 5) is 0. The number of hydrogen-bond acceptors (Lipinski definition) is 4. The van der Waals surface area contributed by atoms with Crippen LogP contribution in [0.1, 0.15) is 38.3 Å². The van der Waals surface area contributed by atoms with Crippen molar-refractivity contribution in [2.24, 2.45) is 0 Å². The predicted octanol–water partition coefficient (Wildman–Crippen LogP) is 2.07. The van der Waals surface area contributed by atoms with Crippen molar-refractivity contribution in [2.75, 3.05) is 26.0 Å². The zero-order chi connectivity index (χ0) is 15.7. The maximum atomic E-state index is 10.9. The molecule has 0 bridgehead atoms. The van der Waals surface area contributed by atoms with Gasteiger partial charge in [0.1, 0.15) is 5.75 Å². The van der Waals surface area contributed by atoms with Crippen molar-refractivity contribution >= 4 is 10.0 Å². The lowest BCUT2D eigenvalue weighted by Gasteiger charge is -2.15. The molecule has 1 aromatic rings. The Morgan fingerprint density at radius 2 is 1.86 bits per heavy atom. The largest absolute Gasteiger partial charge is 0.494 e. The van der Waals surface area contributed by atoms with Gasteiger partial charge in [-0.1, -0.05) is 19.1 Å². The summed E-state index contributed by atoms with van der Waals surface area (Å²) in [5, 5.41) is 3.37. The van der Waals surface area contributed by atoms with E-state index in [0.29, 0.717) is 6.54 Å². The molecule has 0 aliphatic rings. The van der Waals surface area contributed by atoms with Crippen LogP contribution in [0.15, 0.2) is 24.3 Å². The van der Waals surface area contributed by atoms with Gasteiger partial charge in [0.25, 0.3) is 0 Å². The van der Waals surface area contributed by atoms with E-state index in [-0.39, 0.29) is 6.04 Å². The van der Waals surface area contributed by atoms with Crippen LogP contribution in [0.5, 0.6) is 5.75 Å². The molecule has 1 rings (SSSR count). The van der Waals surface area contributed by atoms with Crippen molar-refractivity contribution in [1.82, 2.24) is 10.0 Å². The lowest BCUT2D eigenvalue weighted by molar-refractivity contribution is 0.317. The molecular weight excluding hydrogens is 288 g/mol. The van der Waals surface area contributed by atoms with Crippen molar-refractivity contribution < 1.29 is 13.2 Å². The molecule has 0 radical (unpaired) electrons. The summed E-state index contributed by atoms with van der Waals surface area (Å²) in [6.07, 6.45) is 2.93. The Morgan fingerprint density at radius 1 is 1.19 bits per heavy atom. The van der Waals surface area contributed by atoms with Crippen LogP contribution >= 0.6 is 0 Å². The minimum atomic E-state index is -3.08. The Bertz CT molecular complexity index is 500. The first-order valence-corrected chi connectivity index (χ1v) is 9.22. The molecule has 1 atom stereocenters. The van der Waals surface area contributed by atoms with Gasteiger partial charge in [-0.25, -0.2) is 13.1 Å². The number of hydrogen-bond donors (Lipinski definition) is 2. The average molecular weight is 314 g/mol. The molecule has 0 spiro atoms. The highest BCUT2D eigenvalue weighted by molar-refractivity contribution is 7.88. The molecule has 0 saturated carbocycles. The number of sulfonamides is 1. The third-order valence-corrected chi connectivity index (χ3v) is 3.75. The number of nitrogens with one attached hydrogen (secondary N) is 2. The van der Waals surface area contributed by atoms with Gasteiger partial charge in [-0.2, -0.15) is 0 Å². The molecule has 120 valence electrons. The molecule has 21 heavy (non-hydrogen) atoms. The lowest BCUT2D eigenvalue weighted by atomic mass is 10.1. The SMILES string of the molecule is CCCOc1ccc(C(C)NCCCNS(C)(=O)=O)cc1. The summed E-state index contributed by atoms with van der Waals surface area (Å²) < 4.78 is 29.9. The minimum absolute atomic E-state index is 0.225. The van der Waals surface area contributed by atoms with E-state index < -0.39 is 10.0 Å². The summed E-state index contributed by atoms with van der Waals surface area (Å²) >= 11 is 0. The molecule has 0 saturated heterocycles. The number of ether oxygens (including phenoxy) is 1. The van der Waals surface area contributed by atoms with Crippen molar-refractivity contribution in [3.8, 4) is 5.75 Å². The topological polar surface area (TPSA) is 67.4 Å². The van der Waals surface area contributed by atoms with Gasteiger partial charge in [0.15, 0.2) is 0 Å². The lowest BCUT2D eigenvalue weighted by Crippen LogP contribution is -2.27. The smallest absolute Gasteiger partial charge is 0.208 e. The normalized spacial score (nSPS) is 13.1. The van der Waals surface area contributed by atoms with Gasteiger partial charge in [0, 0.05) is 12.6 Å². The van der Waals surface area contributed by atoms with E-state index in [4.69, 9.17) is 4.74 Å². The number of rotatable bonds is 10. The Labute approximate surface area is 128 Å². The highest BCUT2D eigenvalue weighted by atomic mass is 32.2. The van der Waals surface area contributed by atoms with E-state index in [1.165, 1.54) is 11.8 Å². The van der Waals surface area contributed by atoms with Crippen molar-refractivity contribution in [3.05, 3.63) is 29.8 Å². The van der Waals surface area contributed by atoms with Gasteiger partial charge in [0.05, 0.1) is 12.9 Å². The van der Waals surface area contributed by atoms with Gasteiger partial charge in [0.2, 0.25) is 10.0 Å². The minimum Gasteiger partial charge on any atom is -0.494 e. The molecular formula is C15H26N2O3S. The van der Waals surface area contributed by atoms with Gasteiger partial charge in [-0.05, 0) is 44.0 Å². The standard InChI is InChI=1S/C15H26N2O3S/c1-4-12-20-15-8-6-14(7-9-15)13(2)16-10-5-11-17-21(3,18)19/h6-9,13,16-17H,4-5,10-12H2,1-3H3. The average Bonchev–Trinajstić information content (AvgIpc) is 2.44. The molecule has 1 aromatic carbocycles. The van der Waals surface area contributed by atoms with Gasteiger partial charge in [-0.15, -0.1) is 0 Å². The number of benzene rings is 1. The summed E-state index contributed by atoms with van der Waals surface area (Å²) in [7, 11) is -3.08. The third-order valence-electron chi connectivity index (χ3n) is 3.02. The molecule has 2 N–H and O–H groups in total. The van der Waals surface area contributed by atoms with Crippen molar-refractivity contribution in [3.63, 3.8) is 0 Å². The second kappa shape index (κ2) is 9.02. The van der Waals surface area contributed by atoms with E-state index in [0.717, 1.165) is 31.7 Å². The van der Waals surface area contributed by atoms with Crippen molar-refractivity contribution in [2.45, 2.75) is 32.7 Å². The second-order valence-electron chi connectivity index (χ2n) is 5.11. The zero-order valence-corrected chi connectivity index (χ0v) is 13.9. The Kier molecular flexibility index (Phi) is 7.71. The molecule has 0 aliphatic carbocycles. The molecule has 0 amide bonds. The first kappa shape index (κ1) is 17.9. The fourth-order valence-electron chi connectivity index (χ4n) is 1.86. The fraction of sp³-hybridized carbons (Fsp3) is 0.600. The second-order valence-corrected chi connectivity index (χ2v) is 6.95. The van der Waals surface area contributed by atoms with Crippen LogP contribution in [0.3, 0.4) is 0 Å². The quantitative estimate of drug-likeness (QED) is 0.649. The van der Waals surface area contributed by atoms with Gasteiger partial charge >= 0.3 is 0 Å². The van der Waals surface area contributed by atoms with Gasteiger partial charge in [-0.3, -0.25) is 0 Å². The molecule has 0 fully saturated rings. The first-order valence-electron chi connectivity index (χ1n) is 7.33. The predicted molar refractivity (Wildman–Crippen MR) is 86.1 cm³/mol. The van der Waals surface area contributed by atoms with E-state index in [1.54, 1.807) is 0 Å². The van der Waals surface area contributed by atoms with Crippen LogP contribution < -0.4 is 14.8 Å². The van der Waals surface area contributed by atoms with Crippen LogP contribution in [0.25, 0.3) is 0 Å². The van der Waals surface area contributed by atoms with Crippen LogP contribution in [-0.4, -0.2) is 34.4 Å². The zero-order valence-electron chi connectivity index (χ0n) is 13.1. The van der Waals surface area contributed by atoms with E-state index in [1.807, 2.05) is 12.1 Å². The molecule has 5 nitrogen and oxygen atoms in total. The summed E-state index contributed by atoms with van der Waals surface area (Å²) in [5.41, 5.74) is 1.19. The maximum Gasteiger partial charge on any atom is 0.208 e. The Morgan fingerprint density at radius 3 is 2.43 bits per heavy atom. The van der Waals surface area contributed by atoms with Crippen LogP contribution in [0, 0.1) is 0 Å². The Balaban J connectivity index is 2.30.